The highest BCUT2D eigenvalue weighted by Crippen LogP contribution is 2.50. The van der Waals surface area contributed by atoms with Crippen LogP contribution in [0.2, 0.25) is 0 Å². The summed E-state index contributed by atoms with van der Waals surface area (Å²) in [6.45, 7) is 0. The topological polar surface area (TPSA) is 26.3 Å². The zero-order valence-corrected chi connectivity index (χ0v) is 9.13. The van der Waals surface area contributed by atoms with E-state index in [0.29, 0.717) is 0 Å². The summed E-state index contributed by atoms with van der Waals surface area (Å²) in [6, 6.07) is 5.74. The van der Waals surface area contributed by atoms with Crippen LogP contribution in [0.3, 0.4) is 0 Å². The standard InChI is InChI=1S/C11H9BrO2/c12-7-2-3-8-9(6-7)11(4-1-5-11)14-10(8)13/h2-3,6H,1,4-5H2. The molecule has 0 N–H and O–H groups in total. The average Bonchev–Trinajstić information content (AvgIpc) is 2.38. The van der Waals surface area contributed by atoms with Gasteiger partial charge >= 0.3 is 5.97 Å². The molecule has 1 aromatic carbocycles. The second-order valence-corrected chi connectivity index (χ2v) is 4.84. The lowest BCUT2D eigenvalue weighted by Gasteiger charge is -2.37. The van der Waals surface area contributed by atoms with Crippen LogP contribution in [-0.2, 0) is 10.3 Å². The van der Waals surface area contributed by atoms with E-state index in [1.165, 1.54) is 0 Å². The number of rotatable bonds is 0. The molecule has 2 aliphatic rings. The Kier molecular flexibility index (Phi) is 1.57. The Labute approximate surface area is 90.4 Å². The maximum Gasteiger partial charge on any atom is 0.339 e. The summed E-state index contributed by atoms with van der Waals surface area (Å²) in [5.41, 5.74) is 1.55. The second-order valence-electron chi connectivity index (χ2n) is 3.93. The Balaban J connectivity index is 2.20. The highest BCUT2D eigenvalue weighted by molar-refractivity contribution is 9.10. The second kappa shape index (κ2) is 2.60. The van der Waals surface area contributed by atoms with E-state index in [2.05, 4.69) is 15.9 Å². The fraction of sp³-hybridized carbons (Fsp3) is 0.364. The Morgan fingerprint density at radius 1 is 1.36 bits per heavy atom. The van der Waals surface area contributed by atoms with E-state index in [-0.39, 0.29) is 11.6 Å². The number of carbonyl (C=O) groups excluding carboxylic acids is 1. The SMILES string of the molecule is O=C1OC2(CCC2)c2cc(Br)ccc21. The van der Waals surface area contributed by atoms with Crippen molar-refractivity contribution in [3.05, 3.63) is 33.8 Å². The minimum absolute atomic E-state index is 0.160. The maximum absolute atomic E-state index is 11.5. The van der Waals surface area contributed by atoms with E-state index in [4.69, 9.17) is 4.74 Å². The van der Waals surface area contributed by atoms with Gasteiger partial charge in [0, 0.05) is 10.0 Å². The van der Waals surface area contributed by atoms with E-state index >= 15 is 0 Å². The molecule has 1 aromatic rings. The van der Waals surface area contributed by atoms with Gasteiger partial charge in [-0.25, -0.2) is 4.79 Å². The van der Waals surface area contributed by atoms with Crippen molar-refractivity contribution >= 4 is 21.9 Å². The van der Waals surface area contributed by atoms with Crippen molar-refractivity contribution in [3.63, 3.8) is 0 Å². The molecule has 1 spiro atoms. The molecule has 0 radical (unpaired) electrons. The van der Waals surface area contributed by atoms with Crippen molar-refractivity contribution in [1.82, 2.24) is 0 Å². The Hall–Kier alpha value is -0.830. The van der Waals surface area contributed by atoms with Gasteiger partial charge in [0.25, 0.3) is 0 Å². The molecule has 0 unspecified atom stereocenters. The van der Waals surface area contributed by atoms with Crippen LogP contribution in [0, 0.1) is 0 Å². The van der Waals surface area contributed by atoms with E-state index in [1.54, 1.807) is 0 Å². The van der Waals surface area contributed by atoms with Gasteiger partial charge in [-0.05, 0) is 37.5 Å². The molecule has 14 heavy (non-hydrogen) atoms. The predicted octanol–water partition coefficient (Wildman–Crippen LogP) is 3.00. The summed E-state index contributed by atoms with van der Waals surface area (Å²) >= 11 is 3.42. The van der Waals surface area contributed by atoms with Crippen molar-refractivity contribution in [2.45, 2.75) is 24.9 Å². The minimum atomic E-state index is -0.268. The van der Waals surface area contributed by atoms with Gasteiger partial charge in [-0.3, -0.25) is 0 Å². The van der Waals surface area contributed by atoms with Crippen LogP contribution in [0.4, 0.5) is 0 Å². The molecule has 1 aliphatic carbocycles. The first-order valence-electron chi connectivity index (χ1n) is 4.75. The molecule has 0 bridgehead atoms. The Morgan fingerprint density at radius 3 is 2.79 bits per heavy atom. The largest absolute Gasteiger partial charge is 0.451 e. The normalized spacial score (nSPS) is 21.6. The first-order valence-corrected chi connectivity index (χ1v) is 5.54. The summed E-state index contributed by atoms with van der Waals surface area (Å²) in [4.78, 5) is 11.5. The molecular formula is C11H9BrO2. The summed E-state index contributed by atoms with van der Waals surface area (Å²) < 4.78 is 6.47. The number of halogens is 1. The Bertz CT molecular complexity index is 421. The van der Waals surface area contributed by atoms with Crippen LogP contribution >= 0.6 is 15.9 Å². The molecule has 1 fully saturated rings. The van der Waals surface area contributed by atoms with Crippen molar-refractivity contribution in [2.24, 2.45) is 0 Å². The maximum atomic E-state index is 11.5. The third kappa shape index (κ3) is 0.934. The number of esters is 1. The van der Waals surface area contributed by atoms with Gasteiger partial charge < -0.3 is 4.74 Å². The van der Waals surface area contributed by atoms with Crippen LogP contribution in [-0.4, -0.2) is 5.97 Å². The zero-order chi connectivity index (χ0) is 9.76. The molecule has 0 saturated heterocycles. The highest BCUT2D eigenvalue weighted by Gasteiger charge is 2.49. The van der Waals surface area contributed by atoms with Gasteiger partial charge in [-0.15, -0.1) is 0 Å². The lowest BCUT2D eigenvalue weighted by atomic mass is 9.75. The average molecular weight is 253 g/mol. The summed E-state index contributed by atoms with van der Waals surface area (Å²) in [5, 5.41) is 0. The zero-order valence-electron chi connectivity index (χ0n) is 7.55. The van der Waals surface area contributed by atoms with Crippen LogP contribution in [0.25, 0.3) is 0 Å². The first kappa shape index (κ1) is 8.48. The van der Waals surface area contributed by atoms with E-state index in [1.807, 2.05) is 18.2 Å². The van der Waals surface area contributed by atoms with Gasteiger partial charge in [0.2, 0.25) is 0 Å². The van der Waals surface area contributed by atoms with E-state index in [0.717, 1.165) is 34.9 Å². The van der Waals surface area contributed by atoms with E-state index in [9.17, 15) is 4.79 Å². The van der Waals surface area contributed by atoms with Gasteiger partial charge in [-0.1, -0.05) is 15.9 Å². The molecule has 2 nitrogen and oxygen atoms in total. The molecule has 0 atom stereocenters. The van der Waals surface area contributed by atoms with Crippen molar-refractivity contribution < 1.29 is 9.53 Å². The van der Waals surface area contributed by atoms with Crippen LogP contribution < -0.4 is 0 Å². The van der Waals surface area contributed by atoms with Crippen LogP contribution in [0.5, 0.6) is 0 Å². The van der Waals surface area contributed by atoms with E-state index < -0.39 is 0 Å². The lowest BCUT2D eigenvalue weighted by Crippen LogP contribution is -2.34. The number of carbonyl (C=O) groups is 1. The van der Waals surface area contributed by atoms with Crippen LogP contribution in [0.15, 0.2) is 22.7 Å². The summed E-state index contributed by atoms with van der Waals surface area (Å²) in [7, 11) is 0. The van der Waals surface area contributed by atoms with Gasteiger partial charge in [-0.2, -0.15) is 0 Å². The molecule has 0 amide bonds. The molecule has 0 aromatic heterocycles. The molecule has 72 valence electrons. The number of hydrogen-bond acceptors (Lipinski definition) is 2. The highest BCUT2D eigenvalue weighted by atomic mass is 79.9. The smallest absolute Gasteiger partial charge is 0.339 e. The predicted molar refractivity (Wildman–Crippen MR) is 55.1 cm³/mol. The Morgan fingerprint density at radius 2 is 2.14 bits per heavy atom. The number of hydrogen-bond donors (Lipinski definition) is 0. The minimum Gasteiger partial charge on any atom is -0.451 e. The molecule has 1 saturated carbocycles. The summed E-state index contributed by atoms with van der Waals surface area (Å²) in [5.74, 6) is -0.160. The number of benzene rings is 1. The molecule has 1 aliphatic heterocycles. The van der Waals surface area contributed by atoms with Crippen molar-refractivity contribution in [3.8, 4) is 0 Å². The monoisotopic (exact) mass is 252 g/mol. The summed E-state index contributed by atoms with van der Waals surface area (Å²) in [6.07, 6.45) is 3.10. The van der Waals surface area contributed by atoms with Gasteiger partial charge in [0.1, 0.15) is 5.60 Å². The fourth-order valence-electron chi connectivity index (χ4n) is 2.23. The number of fused-ring (bicyclic) bond motifs is 2. The van der Waals surface area contributed by atoms with Gasteiger partial charge in [0.05, 0.1) is 5.56 Å². The molecule has 3 rings (SSSR count). The lowest BCUT2D eigenvalue weighted by molar-refractivity contribution is -0.0535. The fourth-order valence-corrected chi connectivity index (χ4v) is 2.59. The van der Waals surface area contributed by atoms with Crippen molar-refractivity contribution in [2.75, 3.05) is 0 Å². The molecular weight excluding hydrogens is 244 g/mol. The quantitative estimate of drug-likeness (QED) is 0.664. The first-order chi connectivity index (χ1) is 6.71. The molecule has 1 heterocycles. The molecule has 3 heteroatoms. The number of ether oxygens (including phenoxy) is 1. The third-order valence-corrected chi connectivity index (χ3v) is 3.63. The van der Waals surface area contributed by atoms with Gasteiger partial charge in [0.15, 0.2) is 0 Å². The third-order valence-electron chi connectivity index (χ3n) is 3.14. The van der Waals surface area contributed by atoms with Crippen LogP contribution in [0.1, 0.15) is 35.2 Å². The van der Waals surface area contributed by atoms with Crippen molar-refractivity contribution in [1.29, 1.82) is 0 Å².